The van der Waals surface area contributed by atoms with Crippen LogP contribution in [0.3, 0.4) is 0 Å². The van der Waals surface area contributed by atoms with Crippen molar-refractivity contribution < 1.29 is 4.79 Å². The van der Waals surface area contributed by atoms with E-state index in [1.165, 1.54) is 25.7 Å². The maximum absolute atomic E-state index is 12.5. The van der Waals surface area contributed by atoms with Gasteiger partial charge in [-0.2, -0.15) is 0 Å². The smallest absolute Gasteiger partial charge is 0.244 e. The number of carbonyl (C=O) groups excluding carboxylic acids is 1. The van der Waals surface area contributed by atoms with Crippen molar-refractivity contribution >= 4 is 5.91 Å². The van der Waals surface area contributed by atoms with Gasteiger partial charge in [-0.15, -0.1) is 0 Å². The van der Waals surface area contributed by atoms with E-state index in [9.17, 15) is 4.79 Å². The fraction of sp³-hybridized carbons (Fsp3) is 0.929. The largest absolute Gasteiger partial charge is 0.323 e. The molecule has 0 aromatic carbocycles. The minimum atomic E-state index is -0.121. The number of nitrogens with one attached hydrogen (secondary N) is 1. The molecule has 1 heterocycles. The van der Waals surface area contributed by atoms with Gasteiger partial charge in [0, 0.05) is 6.04 Å². The molecule has 3 aliphatic rings. The van der Waals surface area contributed by atoms with Gasteiger partial charge in [0.05, 0.1) is 11.7 Å². The number of nitrogens with zero attached hydrogens (tertiary/aromatic N) is 1. The first-order valence-corrected chi connectivity index (χ1v) is 7.27. The molecule has 1 amide bonds. The van der Waals surface area contributed by atoms with Crippen LogP contribution in [0.5, 0.6) is 0 Å². The molecule has 0 aromatic heterocycles. The Bertz CT molecular complexity index is 316. The second-order valence-electron chi connectivity index (χ2n) is 6.28. The van der Waals surface area contributed by atoms with Gasteiger partial charge in [-0.1, -0.05) is 13.8 Å². The van der Waals surface area contributed by atoms with Crippen molar-refractivity contribution in [3.63, 3.8) is 0 Å². The third-order valence-electron chi connectivity index (χ3n) is 4.94. The third-order valence-corrected chi connectivity index (χ3v) is 4.94. The molecule has 0 aromatic rings. The molecule has 3 fully saturated rings. The Balaban J connectivity index is 1.74. The van der Waals surface area contributed by atoms with Gasteiger partial charge in [-0.05, 0) is 50.9 Å². The summed E-state index contributed by atoms with van der Waals surface area (Å²) in [6.45, 7) is 4.52. The SMILES string of the molecule is CCC1NC2(CC2)C(=O)N1C1CCC(C)CC1. The van der Waals surface area contributed by atoms with Gasteiger partial charge in [0.15, 0.2) is 0 Å². The predicted molar refractivity (Wildman–Crippen MR) is 67.4 cm³/mol. The lowest BCUT2D eigenvalue weighted by molar-refractivity contribution is -0.133. The summed E-state index contributed by atoms with van der Waals surface area (Å²) in [5.74, 6) is 1.26. The Hall–Kier alpha value is -0.570. The number of amides is 1. The van der Waals surface area contributed by atoms with Crippen molar-refractivity contribution in [2.24, 2.45) is 5.92 Å². The van der Waals surface area contributed by atoms with Crippen LogP contribution in [0.2, 0.25) is 0 Å². The maximum atomic E-state index is 12.5. The lowest BCUT2D eigenvalue weighted by Gasteiger charge is -2.36. The highest BCUT2D eigenvalue weighted by Crippen LogP contribution is 2.44. The van der Waals surface area contributed by atoms with E-state index in [1.54, 1.807) is 0 Å². The zero-order valence-electron chi connectivity index (χ0n) is 11.0. The van der Waals surface area contributed by atoms with Gasteiger partial charge in [0.25, 0.3) is 0 Å². The number of hydrogen-bond donors (Lipinski definition) is 1. The summed E-state index contributed by atoms with van der Waals surface area (Å²) < 4.78 is 0. The number of rotatable bonds is 2. The van der Waals surface area contributed by atoms with Crippen molar-refractivity contribution in [1.82, 2.24) is 10.2 Å². The van der Waals surface area contributed by atoms with Crippen molar-refractivity contribution in [1.29, 1.82) is 0 Å². The van der Waals surface area contributed by atoms with Crippen LogP contribution in [0.15, 0.2) is 0 Å². The molecule has 17 heavy (non-hydrogen) atoms. The topological polar surface area (TPSA) is 32.3 Å². The van der Waals surface area contributed by atoms with Crippen LogP contribution in [0, 0.1) is 5.92 Å². The molecule has 0 radical (unpaired) electrons. The zero-order valence-corrected chi connectivity index (χ0v) is 11.0. The van der Waals surface area contributed by atoms with Gasteiger partial charge < -0.3 is 4.90 Å². The van der Waals surface area contributed by atoms with Crippen molar-refractivity contribution in [2.75, 3.05) is 0 Å². The molecule has 1 aliphatic heterocycles. The molecule has 3 rings (SSSR count). The summed E-state index contributed by atoms with van der Waals surface area (Å²) in [6, 6.07) is 0.510. The molecule has 3 heteroatoms. The second-order valence-corrected chi connectivity index (χ2v) is 6.28. The average Bonchev–Trinajstić information content (AvgIpc) is 3.05. The van der Waals surface area contributed by atoms with Crippen LogP contribution in [-0.4, -0.2) is 28.6 Å². The summed E-state index contributed by atoms with van der Waals surface area (Å²) in [4.78, 5) is 14.7. The summed E-state index contributed by atoms with van der Waals surface area (Å²) in [6.07, 6.45) is 8.46. The summed E-state index contributed by atoms with van der Waals surface area (Å²) in [7, 11) is 0. The quantitative estimate of drug-likeness (QED) is 0.797. The van der Waals surface area contributed by atoms with Crippen LogP contribution in [0.4, 0.5) is 0 Å². The highest BCUT2D eigenvalue weighted by molar-refractivity contribution is 5.92. The van der Waals surface area contributed by atoms with Crippen LogP contribution in [-0.2, 0) is 4.79 Å². The van der Waals surface area contributed by atoms with Crippen LogP contribution >= 0.6 is 0 Å². The molecule has 0 bridgehead atoms. The lowest BCUT2D eigenvalue weighted by Crippen LogP contribution is -2.45. The molecule has 1 spiro atoms. The van der Waals surface area contributed by atoms with E-state index in [2.05, 4.69) is 24.1 Å². The van der Waals surface area contributed by atoms with E-state index < -0.39 is 0 Å². The van der Waals surface area contributed by atoms with E-state index in [1.807, 2.05) is 0 Å². The average molecular weight is 236 g/mol. The molecule has 2 aliphatic carbocycles. The Labute approximate surface area is 104 Å². The van der Waals surface area contributed by atoms with Crippen molar-refractivity contribution in [3.05, 3.63) is 0 Å². The van der Waals surface area contributed by atoms with Gasteiger partial charge in [-0.3, -0.25) is 10.1 Å². The minimum absolute atomic E-state index is 0.121. The monoisotopic (exact) mass is 236 g/mol. The van der Waals surface area contributed by atoms with Gasteiger partial charge in [-0.25, -0.2) is 0 Å². The van der Waals surface area contributed by atoms with E-state index in [0.29, 0.717) is 18.1 Å². The molecule has 1 atom stereocenters. The molecule has 1 N–H and O–H groups in total. The lowest BCUT2D eigenvalue weighted by atomic mass is 9.86. The predicted octanol–water partition coefficient (Wildman–Crippen LogP) is 2.27. The zero-order chi connectivity index (χ0) is 12.0. The van der Waals surface area contributed by atoms with E-state index in [-0.39, 0.29) is 5.54 Å². The van der Waals surface area contributed by atoms with Crippen LogP contribution in [0.25, 0.3) is 0 Å². The molecular weight excluding hydrogens is 212 g/mol. The highest BCUT2D eigenvalue weighted by atomic mass is 16.2. The van der Waals surface area contributed by atoms with Crippen LogP contribution in [0.1, 0.15) is 58.8 Å². The molecule has 3 nitrogen and oxygen atoms in total. The standard InChI is InChI=1S/C14H24N2O/c1-3-12-15-14(8-9-14)13(17)16(12)11-6-4-10(2)5-7-11/h10-12,15H,3-9H2,1-2H3. The molecular formula is C14H24N2O. The van der Waals surface area contributed by atoms with Crippen LogP contribution < -0.4 is 5.32 Å². The van der Waals surface area contributed by atoms with E-state index in [4.69, 9.17) is 0 Å². The van der Waals surface area contributed by atoms with Gasteiger partial charge in [0.2, 0.25) is 5.91 Å². The first kappa shape index (κ1) is 11.5. The molecule has 96 valence electrons. The Kier molecular flexibility index (Phi) is 2.69. The number of hydrogen-bond acceptors (Lipinski definition) is 2. The summed E-state index contributed by atoms with van der Waals surface area (Å²) in [5, 5.41) is 3.58. The van der Waals surface area contributed by atoms with E-state index >= 15 is 0 Å². The summed E-state index contributed by atoms with van der Waals surface area (Å²) in [5.41, 5.74) is -0.121. The van der Waals surface area contributed by atoms with E-state index in [0.717, 1.165) is 25.2 Å². The third kappa shape index (κ3) is 1.79. The fourth-order valence-corrected chi connectivity index (χ4v) is 3.56. The first-order chi connectivity index (χ1) is 8.16. The highest BCUT2D eigenvalue weighted by Gasteiger charge is 2.59. The summed E-state index contributed by atoms with van der Waals surface area (Å²) >= 11 is 0. The molecule has 1 saturated heterocycles. The van der Waals surface area contributed by atoms with Crippen molar-refractivity contribution in [3.8, 4) is 0 Å². The van der Waals surface area contributed by atoms with Gasteiger partial charge in [0.1, 0.15) is 0 Å². The Morgan fingerprint density at radius 1 is 1.29 bits per heavy atom. The maximum Gasteiger partial charge on any atom is 0.244 e. The number of carbonyl (C=O) groups is 1. The molecule has 1 unspecified atom stereocenters. The molecule has 2 saturated carbocycles. The normalized spacial score (nSPS) is 40.0. The minimum Gasteiger partial charge on any atom is -0.323 e. The Morgan fingerprint density at radius 2 is 1.94 bits per heavy atom. The Morgan fingerprint density at radius 3 is 2.47 bits per heavy atom. The first-order valence-electron chi connectivity index (χ1n) is 7.27. The van der Waals surface area contributed by atoms with Gasteiger partial charge >= 0.3 is 0 Å². The second kappa shape index (κ2) is 3.98. The fourth-order valence-electron chi connectivity index (χ4n) is 3.56. The van der Waals surface area contributed by atoms with Crippen molar-refractivity contribution in [2.45, 2.75) is 76.5 Å².